The molecule has 1 aromatic carbocycles. The first-order valence-electron chi connectivity index (χ1n) is 8.05. The Kier molecular flexibility index (Phi) is 6.25. The molecule has 25 heavy (non-hydrogen) atoms. The fourth-order valence-corrected chi connectivity index (χ4v) is 2.29. The van der Waals surface area contributed by atoms with Gasteiger partial charge in [-0.2, -0.15) is 0 Å². The summed E-state index contributed by atoms with van der Waals surface area (Å²) in [5.41, 5.74) is 1.03. The van der Waals surface area contributed by atoms with Crippen LogP contribution in [0.5, 0.6) is 0 Å². The lowest BCUT2D eigenvalue weighted by Crippen LogP contribution is -2.41. The first-order chi connectivity index (χ1) is 11.8. The van der Waals surface area contributed by atoms with Crippen molar-refractivity contribution in [2.75, 3.05) is 13.2 Å². The monoisotopic (exact) mass is 351 g/mol. The Morgan fingerprint density at radius 1 is 1.32 bits per heavy atom. The molecule has 5 nitrogen and oxygen atoms in total. The highest BCUT2D eigenvalue weighted by atomic mass is 19.3. The minimum Gasteiger partial charge on any atom is -0.374 e. The number of nitrogens with zero attached hydrogens (tertiary/aromatic N) is 2. The van der Waals surface area contributed by atoms with Crippen LogP contribution in [0.4, 0.5) is 8.78 Å². The summed E-state index contributed by atoms with van der Waals surface area (Å²) < 4.78 is 31.1. The maximum atomic E-state index is 12.4. The Bertz CT molecular complexity index is 670. The first kappa shape index (κ1) is 19.1. The lowest BCUT2D eigenvalue weighted by Gasteiger charge is -2.26. The first-order valence-corrected chi connectivity index (χ1v) is 8.05. The molecule has 1 amide bonds. The molecule has 1 N–H and O–H groups in total. The molecule has 7 heteroatoms. The number of halogens is 2. The van der Waals surface area contributed by atoms with E-state index < -0.39 is 18.4 Å². The lowest BCUT2D eigenvalue weighted by atomic mass is 9.92. The number of ether oxygens (including phenoxy) is 1. The van der Waals surface area contributed by atoms with Gasteiger partial charge >= 0.3 is 0 Å². The van der Waals surface area contributed by atoms with Crippen molar-refractivity contribution < 1.29 is 18.3 Å². The van der Waals surface area contributed by atoms with Gasteiger partial charge < -0.3 is 14.6 Å². The number of nitrogens with one attached hydrogen (secondary N) is 1. The summed E-state index contributed by atoms with van der Waals surface area (Å²) in [4.78, 5) is 16.4. The third kappa shape index (κ3) is 5.35. The molecule has 0 saturated carbocycles. The third-order valence-corrected chi connectivity index (χ3v) is 3.86. The Morgan fingerprint density at radius 2 is 2.00 bits per heavy atom. The van der Waals surface area contributed by atoms with Crippen LogP contribution in [0.1, 0.15) is 32.4 Å². The lowest BCUT2D eigenvalue weighted by molar-refractivity contribution is -0.134. The second kappa shape index (κ2) is 8.20. The molecular formula is C18H23F2N3O2. The molecule has 1 heterocycles. The number of rotatable bonds is 8. The SMILES string of the molecule is CC(NC(=O)C(C)(C)COCC(F)F)c1ccc(-n2ccnc2)cc1. The predicted molar refractivity (Wildman–Crippen MR) is 90.7 cm³/mol. The van der Waals surface area contributed by atoms with Gasteiger partial charge in [-0.15, -0.1) is 0 Å². The minimum atomic E-state index is -2.54. The molecule has 2 aromatic rings. The Hall–Kier alpha value is -2.28. The second-order valence-corrected chi connectivity index (χ2v) is 6.55. The highest BCUT2D eigenvalue weighted by Crippen LogP contribution is 2.20. The number of hydrogen-bond donors (Lipinski definition) is 1. The molecule has 136 valence electrons. The second-order valence-electron chi connectivity index (χ2n) is 6.55. The Balaban J connectivity index is 1.94. The van der Waals surface area contributed by atoms with Crippen molar-refractivity contribution in [2.24, 2.45) is 5.41 Å². The van der Waals surface area contributed by atoms with Gasteiger partial charge in [0.2, 0.25) is 5.91 Å². The van der Waals surface area contributed by atoms with Gasteiger partial charge in [0.05, 0.1) is 24.4 Å². The van der Waals surface area contributed by atoms with Crippen LogP contribution in [-0.4, -0.2) is 35.1 Å². The van der Waals surface area contributed by atoms with Crippen molar-refractivity contribution in [3.63, 3.8) is 0 Å². The van der Waals surface area contributed by atoms with Gasteiger partial charge in [0.15, 0.2) is 0 Å². The fraction of sp³-hybridized carbons (Fsp3) is 0.444. The van der Waals surface area contributed by atoms with E-state index in [9.17, 15) is 13.6 Å². The molecular weight excluding hydrogens is 328 g/mol. The Morgan fingerprint density at radius 3 is 2.56 bits per heavy atom. The van der Waals surface area contributed by atoms with Gasteiger partial charge in [0.1, 0.15) is 6.61 Å². The van der Waals surface area contributed by atoms with Crippen LogP contribution < -0.4 is 5.32 Å². The van der Waals surface area contributed by atoms with Crippen LogP contribution >= 0.6 is 0 Å². The Labute approximate surface area is 146 Å². The van der Waals surface area contributed by atoms with Crippen LogP contribution in [-0.2, 0) is 9.53 Å². The van der Waals surface area contributed by atoms with Gasteiger partial charge in [-0.25, -0.2) is 13.8 Å². The van der Waals surface area contributed by atoms with E-state index in [1.165, 1.54) is 0 Å². The smallest absolute Gasteiger partial charge is 0.261 e. The van der Waals surface area contributed by atoms with E-state index in [2.05, 4.69) is 10.3 Å². The van der Waals surface area contributed by atoms with Crippen LogP contribution in [0.25, 0.3) is 5.69 Å². The van der Waals surface area contributed by atoms with Crippen molar-refractivity contribution in [1.29, 1.82) is 0 Å². The van der Waals surface area contributed by atoms with Gasteiger partial charge in [-0.05, 0) is 38.5 Å². The van der Waals surface area contributed by atoms with E-state index >= 15 is 0 Å². The highest BCUT2D eigenvalue weighted by Gasteiger charge is 2.29. The number of carbonyl (C=O) groups excluding carboxylic acids is 1. The van der Waals surface area contributed by atoms with Gasteiger partial charge in [-0.1, -0.05) is 12.1 Å². The van der Waals surface area contributed by atoms with Gasteiger partial charge in [0, 0.05) is 18.1 Å². The van der Waals surface area contributed by atoms with Crippen molar-refractivity contribution in [3.8, 4) is 5.69 Å². The molecule has 1 atom stereocenters. The summed E-state index contributed by atoms with van der Waals surface area (Å²) in [6, 6.07) is 7.53. The number of alkyl halides is 2. The summed E-state index contributed by atoms with van der Waals surface area (Å²) in [5.74, 6) is -0.243. The molecule has 0 fully saturated rings. The van der Waals surface area contributed by atoms with E-state index in [1.807, 2.05) is 42.0 Å². The quantitative estimate of drug-likeness (QED) is 0.793. The van der Waals surface area contributed by atoms with E-state index in [-0.39, 0.29) is 18.6 Å². The van der Waals surface area contributed by atoms with E-state index in [0.717, 1.165) is 11.3 Å². The van der Waals surface area contributed by atoms with Crippen molar-refractivity contribution in [3.05, 3.63) is 48.5 Å². The van der Waals surface area contributed by atoms with Gasteiger partial charge in [0.25, 0.3) is 6.43 Å². The maximum absolute atomic E-state index is 12.4. The molecule has 1 unspecified atom stereocenters. The fourth-order valence-electron chi connectivity index (χ4n) is 2.29. The number of hydrogen-bond acceptors (Lipinski definition) is 3. The van der Waals surface area contributed by atoms with Crippen molar-refractivity contribution in [2.45, 2.75) is 33.2 Å². The molecule has 0 radical (unpaired) electrons. The number of benzene rings is 1. The van der Waals surface area contributed by atoms with E-state index in [4.69, 9.17) is 4.74 Å². The predicted octanol–water partition coefficient (Wildman–Crippen LogP) is 3.36. The molecule has 2 rings (SSSR count). The normalized spacial score (nSPS) is 13.0. The number of carbonyl (C=O) groups is 1. The average molecular weight is 351 g/mol. The molecule has 0 spiro atoms. The van der Waals surface area contributed by atoms with Crippen molar-refractivity contribution in [1.82, 2.24) is 14.9 Å². The summed E-state index contributed by atoms with van der Waals surface area (Å²) in [6.45, 7) is 4.49. The van der Waals surface area contributed by atoms with Crippen LogP contribution in [0.2, 0.25) is 0 Å². The van der Waals surface area contributed by atoms with E-state index in [0.29, 0.717) is 0 Å². The summed E-state index contributed by atoms with van der Waals surface area (Å²) in [7, 11) is 0. The standard InChI is InChI=1S/C18H23F2N3O2/c1-13(22-17(24)18(2,3)11-25-10-16(19)20)14-4-6-15(7-5-14)23-9-8-21-12-23/h4-9,12-13,16H,10-11H2,1-3H3,(H,22,24). The third-order valence-electron chi connectivity index (χ3n) is 3.86. The molecule has 0 bridgehead atoms. The number of amides is 1. The zero-order chi connectivity index (χ0) is 18.4. The maximum Gasteiger partial charge on any atom is 0.261 e. The van der Waals surface area contributed by atoms with Crippen molar-refractivity contribution >= 4 is 5.91 Å². The van der Waals surface area contributed by atoms with E-state index in [1.54, 1.807) is 26.4 Å². The molecule has 0 aliphatic heterocycles. The molecule has 1 aromatic heterocycles. The molecule has 0 saturated heterocycles. The average Bonchev–Trinajstić information content (AvgIpc) is 3.08. The number of imidazole rings is 1. The van der Waals surface area contributed by atoms with Crippen LogP contribution in [0, 0.1) is 5.41 Å². The highest BCUT2D eigenvalue weighted by molar-refractivity contribution is 5.82. The summed E-state index contributed by atoms with van der Waals surface area (Å²) in [5, 5.41) is 2.90. The topological polar surface area (TPSA) is 56.1 Å². The summed E-state index contributed by atoms with van der Waals surface area (Å²) in [6.07, 6.45) is 2.73. The number of aromatic nitrogens is 2. The van der Waals surface area contributed by atoms with Crippen LogP contribution in [0.15, 0.2) is 43.0 Å². The van der Waals surface area contributed by atoms with Crippen LogP contribution in [0.3, 0.4) is 0 Å². The minimum absolute atomic E-state index is 0.0601. The zero-order valence-corrected chi connectivity index (χ0v) is 14.6. The molecule has 0 aliphatic carbocycles. The van der Waals surface area contributed by atoms with Gasteiger partial charge in [-0.3, -0.25) is 4.79 Å². The summed E-state index contributed by atoms with van der Waals surface area (Å²) >= 11 is 0. The largest absolute Gasteiger partial charge is 0.374 e. The zero-order valence-electron chi connectivity index (χ0n) is 14.6. The molecule has 0 aliphatic rings.